The summed E-state index contributed by atoms with van der Waals surface area (Å²) in [5, 5.41) is 10.5. The van der Waals surface area contributed by atoms with Crippen LogP contribution in [-0.4, -0.2) is 33.0 Å². The monoisotopic (exact) mass is 332 g/mol. The number of carbonyl (C=O) groups is 1. The third-order valence-corrected chi connectivity index (χ3v) is 5.51. The maximum absolute atomic E-state index is 12.6. The summed E-state index contributed by atoms with van der Waals surface area (Å²) in [5.41, 5.74) is 4.14. The molecule has 1 aliphatic rings. The Morgan fingerprint density at radius 2 is 2.13 bits per heavy atom. The van der Waals surface area contributed by atoms with E-state index in [-0.39, 0.29) is 5.91 Å². The highest BCUT2D eigenvalue weighted by Gasteiger charge is 2.21. The zero-order chi connectivity index (χ0) is 16.4. The highest BCUT2D eigenvalue weighted by Crippen LogP contribution is 2.23. The van der Waals surface area contributed by atoms with Crippen molar-refractivity contribution >= 4 is 17.2 Å². The van der Waals surface area contributed by atoms with E-state index in [0.29, 0.717) is 18.2 Å². The molecule has 1 amide bonds. The smallest absolute Gasteiger partial charge is 0.273 e. The van der Waals surface area contributed by atoms with E-state index in [2.05, 4.69) is 29.0 Å². The molecule has 0 fully saturated rings. The number of aromatic amines is 1. The normalized spacial score (nSPS) is 14.6. The largest absolute Gasteiger partial charge is 0.334 e. The maximum Gasteiger partial charge on any atom is 0.273 e. The van der Waals surface area contributed by atoms with E-state index in [1.54, 1.807) is 16.2 Å². The summed E-state index contributed by atoms with van der Waals surface area (Å²) in [6.07, 6.45) is 5.84. The molecule has 2 aromatic rings. The van der Waals surface area contributed by atoms with Gasteiger partial charge in [0.25, 0.3) is 5.91 Å². The first-order valence-electron chi connectivity index (χ1n) is 8.32. The average molecular weight is 332 g/mol. The molecule has 6 heteroatoms. The molecule has 0 atom stereocenters. The molecule has 0 saturated carbocycles. The van der Waals surface area contributed by atoms with E-state index in [1.807, 2.05) is 12.4 Å². The lowest BCUT2D eigenvalue weighted by Gasteiger charge is -2.15. The Morgan fingerprint density at radius 1 is 1.35 bits per heavy atom. The van der Waals surface area contributed by atoms with E-state index in [9.17, 15) is 4.79 Å². The zero-order valence-corrected chi connectivity index (χ0v) is 14.9. The molecule has 0 aromatic carbocycles. The summed E-state index contributed by atoms with van der Waals surface area (Å²) in [4.78, 5) is 18.8. The molecular formula is C17H24N4OS. The van der Waals surface area contributed by atoms with Gasteiger partial charge in [-0.25, -0.2) is 4.98 Å². The summed E-state index contributed by atoms with van der Waals surface area (Å²) < 4.78 is 0. The van der Waals surface area contributed by atoms with E-state index in [4.69, 9.17) is 0 Å². The molecule has 0 radical (unpaired) electrons. The lowest BCUT2D eigenvalue weighted by Crippen LogP contribution is -2.27. The van der Waals surface area contributed by atoms with Crippen molar-refractivity contribution in [1.29, 1.82) is 0 Å². The van der Waals surface area contributed by atoms with Crippen molar-refractivity contribution in [2.24, 2.45) is 0 Å². The molecule has 1 N–H and O–H groups in total. The van der Waals surface area contributed by atoms with Crippen molar-refractivity contribution in [3.8, 4) is 0 Å². The molecule has 3 rings (SSSR count). The number of aromatic nitrogens is 3. The Labute approximate surface area is 141 Å². The topological polar surface area (TPSA) is 61.9 Å². The van der Waals surface area contributed by atoms with Gasteiger partial charge in [0.15, 0.2) is 0 Å². The Balaban J connectivity index is 1.72. The molecule has 1 aliphatic carbocycles. The van der Waals surface area contributed by atoms with Crippen LogP contribution in [0.2, 0.25) is 0 Å². The predicted octanol–water partition coefficient (Wildman–Crippen LogP) is 3.53. The minimum absolute atomic E-state index is 0.0291. The Hall–Kier alpha value is -1.69. The number of carbonyl (C=O) groups excluding carboxylic acids is 1. The predicted molar refractivity (Wildman–Crippen MR) is 91.8 cm³/mol. The highest BCUT2D eigenvalue weighted by molar-refractivity contribution is 7.09. The van der Waals surface area contributed by atoms with Gasteiger partial charge in [0, 0.05) is 24.0 Å². The lowest BCUT2D eigenvalue weighted by atomic mass is 10.1. The van der Waals surface area contributed by atoms with Crippen LogP contribution < -0.4 is 0 Å². The first kappa shape index (κ1) is 16.2. The molecule has 0 aliphatic heterocycles. The van der Waals surface area contributed by atoms with Gasteiger partial charge in [0.2, 0.25) is 0 Å². The van der Waals surface area contributed by atoms with Crippen LogP contribution in [0.25, 0.3) is 0 Å². The van der Waals surface area contributed by atoms with Crippen molar-refractivity contribution in [1.82, 2.24) is 20.1 Å². The van der Waals surface area contributed by atoms with Crippen LogP contribution in [0, 0.1) is 0 Å². The second kappa shape index (κ2) is 6.83. The first-order valence-corrected chi connectivity index (χ1v) is 9.20. The summed E-state index contributed by atoms with van der Waals surface area (Å²) >= 11 is 1.56. The standard InChI is InChI=1S/C17H24N4OS/c1-11(2)16-18-15(10-23-16)17(22)21(3)9-14-12-7-5-4-6-8-13(12)19-20-14/h10-11H,4-9H2,1-3H3,(H,19,20). The molecule has 23 heavy (non-hydrogen) atoms. The maximum atomic E-state index is 12.6. The second-order valence-electron chi connectivity index (χ2n) is 6.57. The molecule has 0 saturated heterocycles. The fourth-order valence-electron chi connectivity index (χ4n) is 3.00. The van der Waals surface area contributed by atoms with Crippen LogP contribution in [-0.2, 0) is 19.4 Å². The summed E-state index contributed by atoms with van der Waals surface area (Å²) in [5.74, 6) is 0.326. The molecule has 0 bridgehead atoms. The molecular weight excluding hydrogens is 308 g/mol. The minimum Gasteiger partial charge on any atom is -0.334 e. The molecule has 5 nitrogen and oxygen atoms in total. The van der Waals surface area contributed by atoms with Crippen LogP contribution >= 0.6 is 11.3 Å². The van der Waals surface area contributed by atoms with Gasteiger partial charge in [0.1, 0.15) is 5.69 Å². The van der Waals surface area contributed by atoms with Gasteiger partial charge < -0.3 is 4.90 Å². The Morgan fingerprint density at radius 3 is 2.87 bits per heavy atom. The first-order chi connectivity index (χ1) is 11.1. The minimum atomic E-state index is -0.0291. The number of nitrogens with zero attached hydrogens (tertiary/aromatic N) is 3. The van der Waals surface area contributed by atoms with Crippen molar-refractivity contribution in [3.63, 3.8) is 0 Å². The van der Waals surface area contributed by atoms with Crippen molar-refractivity contribution in [3.05, 3.63) is 33.0 Å². The van der Waals surface area contributed by atoms with Gasteiger partial charge in [-0.1, -0.05) is 20.3 Å². The highest BCUT2D eigenvalue weighted by atomic mass is 32.1. The summed E-state index contributed by atoms with van der Waals surface area (Å²) in [7, 11) is 1.83. The van der Waals surface area contributed by atoms with Gasteiger partial charge in [-0.15, -0.1) is 11.3 Å². The number of hydrogen-bond acceptors (Lipinski definition) is 4. The van der Waals surface area contributed by atoms with Crippen LogP contribution in [0.5, 0.6) is 0 Å². The zero-order valence-electron chi connectivity index (χ0n) is 14.1. The fraction of sp³-hybridized carbons (Fsp3) is 0.588. The van der Waals surface area contributed by atoms with Gasteiger partial charge >= 0.3 is 0 Å². The molecule has 124 valence electrons. The molecule has 0 spiro atoms. The van der Waals surface area contributed by atoms with E-state index in [1.165, 1.54) is 30.5 Å². The number of rotatable bonds is 4. The number of fused-ring (bicyclic) bond motifs is 1. The number of nitrogens with one attached hydrogen (secondary N) is 1. The average Bonchev–Trinajstić information content (AvgIpc) is 3.09. The fourth-order valence-corrected chi connectivity index (χ4v) is 3.81. The molecule has 0 unspecified atom stereocenters. The van der Waals surface area contributed by atoms with E-state index >= 15 is 0 Å². The van der Waals surface area contributed by atoms with Crippen molar-refractivity contribution in [2.45, 2.75) is 58.4 Å². The van der Waals surface area contributed by atoms with Crippen LogP contribution in [0.15, 0.2) is 5.38 Å². The number of H-pyrrole nitrogens is 1. The second-order valence-corrected chi connectivity index (χ2v) is 7.46. The number of amides is 1. The van der Waals surface area contributed by atoms with Gasteiger partial charge in [-0.05, 0) is 31.2 Å². The summed E-state index contributed by atoms with van der Waals surface area (Å²) in [6.45, 7) is 4.73. The molecule has 2 heterocycles. The van der Waals surface area contributed by atoms with Crippen molar-refractivity contribution < 1.29 is 4.79 Å². The van der Waals surface area contributed by atoms with Crippen LogP contribution in [0.4, 0.5) is 0 Å². The number of thiazole rings is 1. The third kappa shape index (κ3) is 3.47. The van der Waals surface area contributed by atoms with E-state index < -0.39 is 0 Å². The van der Waals surface area contributed by atoms with Gasteiger partial charge in [-0.3, -0.25) is 9.89 Å². The third-order valence-electron chi connectivity index (χ3n) is 4.36. The number of hydrogen-bond donors (Lipinski definition) is 1. The Kier molecular flexibility index (Phi) is 4.80. The summed E-state index contributed by atoms with van der Waals surface area (Å²) in [6, 6.07) is 0. The van der Waals surface area contributed by atoms with Gasteiger partial charge in [-0.2, -0.15) is 5.10 Å². The lowest BCUT2D eigenvalue weighted by molar-refractivity contribution is 0.0778. The van der Waals surface area contributed by atoms with Gasteiger partial charge in [0.05, 0.1) is 17.2 Å². The van der Waals surface area contributed by atoms with Crippen LogP contribution in [0.3, 0.4) is 0 Å². The van der Waals surface area contributed by atoms with E-state index in [0.717, 1.165) is 23.5 Å². The van der Waals surface area contributed by atoms with Crippen LogP contribution in [0.1, 0.15) is 71.5 Å². The Bertz CT molecular complexity index is 689. The SMILES string of the molecule is CC(C)c1nc(C(=O)N(C)Cc2n[nH]c3c2CCCCC3)cs1. The quantitative estimate of drug-likeness (QED) is 0.871. The molecule has 2 aromatic heterocycles. The van der Waals surface area contributed by atoms with Crippen molar-refractivity contribution in [2.75, 3.05) is 7.05 Å². The number of aryl methyl sites for hydroxylation is 1.